The molecule has 1 aromatic carbocycles. The molecule has 6 heteroatoms. The first-order chi connectivity index (χ1) is 14.2. The van der Waals surface area contributed by atoms with Gasteiger partial charge in [-0.3, -0.25) is 14.5 Å². The van der Waals surface area contributed by atoms with Crippen LogP contribution in [-0.4, -0.2) is 31.2 Å². The molecule has 1 N–H and O–H groups in total. The molecule has 4 rings (SSSR count). The van der Waals surface area contributed by atoms with Crippen molar-refractivity contribution < 1.29 is 4.79 Å². The third kappa shape index (κ3) is 5.00. The highest BCUT2D eigenvalue weighted by Gasteiger charge is 2.31. The summed E-state index contributed by atoms with van der Waals surface area (Å²) in [4.78, 5) is 21.0. The summed E-state index contributed by atoms with van der Waals surface area (Å²) in [7, 11) is 0. The number of hydrogen-bond donors (Lipinski definition) is 1. The van der Waals surface area contributed by atoms with Gasteiger partial charge in [-0.2, -0.15) is 5.10 Å². The van der Waals surface area contributed by atoms with E-state index in [4.69, 9.17) is 0 Å². The van der Waals surface area contributed by atoms with Gasteiger partial charge in [-0.05, 0) is 31.4 Å². The molecule has 6 nitrogen and oxygen atoms in total. The molecule has 0 radical (unpaired) electrons. The largest absolute Gasteiger partial charge is 0.340 e. The average Bonchev–Trinajstić information content (AvgIpc) is 3.26. The van der Waals surface area contributed by atoms with E-state index in [9.17, 15) is 4.79 Å². The van der Waals surface area contributed by atoms with Crippen molar-refractivity contribution in [1.82, 2.24) is 25.1 Å². The Hall–Kier alpha value is -3.20. The average molecular weight is 387 g/mol. The van der Waals surface area contributed by atoms with Crippen LogP contribution in [0.1, 0.15) is 50.5 Å². The van der Waals surface area contributed by atoms with Gasteiger partial charge in [0.2, 0.25) is 5.91 Å². The molecule has 1 fully saturated rings. The van der Waals surface area contributed by atoms with E-state index in [0.717, 1.165) is 48.6 Å². The number of fused-ring (bicyclic) bond motifs is 1. The van der Waals surface area contributed by atoms with Crippen LogP contribution in [0.3, 0.4) is 0 Å². The summed E-state index contributed by atoms with van der Waals surface area (Å²) in [6.45, 7) is 0.689. The van der Waals surface area contributed by atoms with Gasteiger partial charge in [0.05, 0.1) is 5.52 Å². The lowest BCUT2D eigenvalue weighted by Crippen LogP contribution is -2.48. The van der Waals surface area contributed by atoms with Crippen molar-refractivity contribution in [1.29, 1.82) is 0 Å². The second-order valence-electron chi connectivity index (χ2n) is 7.62. The molecule has 0 saturated heterocycles. The zero-order valence-corrected chi connectivity index (χ0v) is 16.5. The van der Waals surface area contributed by atoms with Crippen LogP contribution in [-0.2, 0) is 11.3 Å². The highest BCUT2D eigenvalue weighted by atomic mass is 16.1. The van der Waals surface area contributed by atoms with Crippen LogP contribution in [0.5, 0.6) is 0 Å². The number of nitrogens with one attached hydrogen (secondary N) is 1. The van der Waals surface area contributed by atoms with E-state index < -0.39 is 5.54 Å². The molecular weight excluding hydrogens is 362 g/mol. The summed E-state index contributed by atoms with van der Waals surface area (Å²) in [5.74, 6) is 6.74. The van der Waals surface area contributed by atoms with Gasteiger partial charge in [-0.25, -0.2) is 4.98 Å². The quantitative estimate of drug-likeness (QED) is 0.681. The molecular formula is C23H25N5O. The van der Waals surface area contributed by atoms with Gasteiger partial charge in [0.15, 0.2) is 0 Å². The van der Waals surface area contributed by atoms with E-state index in [-0.39, 0.29) is 5.91 Å². The maximum atomic E-state index is 12.6. The van der Waals surface area contributed by atoms with Crippen molar-refractivity contribution in [2.24, 2.45) is 0 Å². The maximum absolute atomic E-state index is 12.6. The fourth-order valence-corrected chi connectivity index (χ4v) is 3.85. The Labute approximate surface area is 170 Å². The van der Waals surface area contributed by atoms with Crippen LogP contribution in [0.2, 0.25) is 0 Å². The molecule has 0 atom stereocenters. The summed E-state index contributed by atoms with van der Waals surface area (Å²) in [5, 5.41) is 8.39. The van der Waals surface area contributed by atoms with E-state index in [1.54, 1.807) is 11.0 Å². The van der Waals surface area contributed by atoms with E-state index in [2.05, 4.69) is 38.3 Å². The number of benzene rings is 1. The minimum atomic E-state index is -0.436. The fourth-order valence-electron chi connectivity index (χ4n) is 3.85. The lowest BCUT2D eigenvalue weighted by Gasteiger charge is -2.33. The Kier molecular flexibility index (Phi) is 5.85. The third-order valence-electron chi connectivity index (χ3n) is 5.38. The van der Waals surface area contributed by atoms with Crippen LogP contribution in [0.15, 0.2) is 49.2 Å². The number of pyridine rings is 1. The van der Waals surface area contributed by atoms with Gasteiger partial charge in [0.25, 0.3) is 0 Å². The number of para-hydroxylation sites is 1. The Bertz CT molecular complexity index is 1030. The standard InChI is InChI=1S/C23H25N5O/c29-22(9-6-14-28-18-24-17-26-28)27-23(11-4-1-5-12-23)13-10-19-15-20-7-2-3-8-21(20)25-16-19/h2-3,7-8,15-18H,1,4-6,9,11-12,14H2,(H,27,29). The summed E-state index contributed by atoms with van der Waals surface area (Å²) in [6.07, 6.45) is 11.3. The van der Waals surface area contributed by atoms with Crippen molar-refractivity contribution in [2.45, 2.75) is 57.0 Å². The molecule has 2 heterocycles. The Morgan fingerprint density at radius 1 is 1.21 bits per heavy atom. The lowest BCUT2D eigenvalue weighted by molar-refractivity contribution is -0.122. The van der Waals surface area contributed by atoms with Crippen LogP contribution >= 0.6 is 0 Å². The molecule has 0 aliphatic heterocycles. The number of carbonyl (C=O) groups excluding carboxylic acids is 1. The topological polar surface area (TPSA) is 72.7 Å². The van der Waals surface area contributed by atoms with Crippen molar-refractivity contribution in [3.8, 4) is 11.8 Å². The van der Waals surface area contributed by atoms with E-state index in [1.165, 1.54) is 12.7 Å². The molecule has 1 aliphatic rings. The molecule has 1 aliphatic carbocycles. The van der Waals surface area contributed by atoms with Crippen LogP contribution < -0.4 is 5.32 Å². The van der Waals surface area contributed by atoms with Crippen molar-refractivity contribution in [3.05, 3.63) is 54.7 Å². The molecule has 0 bridgehead atoms. The minimum Gasteiger partial charge on any atom is -0.340 e. The van der Waals surface area contributed by atoms with Gasteiger partial charge in [-0.15, -0.1) is 0 Å². The van der Waals surface area contributed by atoms with Crippen molar-refractivity contribution in [2.75, 3.05) is 0 Å². The smallest absolute Gasteiger partial charge is 0.221 e. The van der Waals surface area contributed by atoms with Crippen LogP contribution in [0.25, 0.3) is 10.9 Å². The maximum Gasteiger partial charge on any atom is 0.221 e. The number of hydrogen-bond acceptors (Lipinski definition) is 4. The number of rotatable bonds is 5. The van der Waals surface area contributed by atoms with E-state index in [0.29, 0.717) is 13.0 Å². The first kappa shape index (κ1) is 19.1. The van der Waals surface area contributed by atoms with E-state index >= 15 is 0 Å². The van der Waals surface area contributed by atoms with Gasteiger partial charge < -0.3 is 5.32 Å². The van der Waals surface area contributed by atoms with Gasteiger partial charge >= 0.3 is 0 Å². The molecule has 3 aromatic rings. The summed E-state index contributed by atoms with van der Waals surface area (Å²) < 4.78 is 1.75. The monoisotopic (exact) mass is 387 g/mol. The first-order valence-electron chi connectivity index (χ1n) is 10.2. The zero-order chi connectivity index (χ0) is 19.9. The second-order valence-corrected chi connectivity index (χ2v) is 7.62. The molecule has 0 unspecified atom stereocenters. The number of carbonyl (C=O) groups is 1. The summed E-state index contributed by atoms with van der Waals surface area (Å²) >= 11 is 0. The van der Waals surface area contributed by atoms with Crippen LogP contribution in [0.4, 0.5) is 0 Å². The molecule has 0 spiro atoms. The molecule has 1 amide bonds. The Morgan fingerprint density at radius 3 is 2.90 bits per heavy atom. The molecule has 1 saturated carbocycles. The third-order valence-corrected chi connectivity index (χ3v) is 5.38. The SMILES string of the molecule is O=C(CCCn1cncn1)NC1(C#Cc2cnc3ccccc3c2)CCCCC1. The highest BCUT2D eigenvalue weighted by molar-refractivity contribution is 5.80. The molecule has 148 valence electrons. The summed E-state index contributed by atoms with van der Waals surface area (Å²) in [5.41, 5.74) is 1.41. The number of aromatic nitrogens is 4. The van der Waals surface area contributed by atoms with Gasteiger partial charge in [-0.1, -0.05) is 49.3 Å². The Morgan fingerprint density at radius 2 is 2.07 bits per heavy atom. The number of aryl methyl sites for hydroxylation is 1. The summed E-state index contributed by atoms with van der Waals surface area (Å²) in [6, 6.07) is 10.1. The van der Waals surface area contributed by atoms with Crippen molar-refractivity contribution >= 4 is 16.8 Å². The highest BCUT2D eigenvalue weighted by Crippen LogP contribution is 2.28. The Balaban J connectivity index is 1.44. The predicted molar refractivity (Wildman–Crippen MR) is 112 cm³/mol. The predicted octanol–water partition coefficient (Wildman–Crippen LogP) is 3.48. The lowest BCUT2D eigenvalue weighted by atomic mass is 9.81. The second kappa shape index (κ2) is 8.87. The van der Waals surface area contributed by atoms with Gasteiger partial charge in [0.1, 0.15) is 18.2 Å². The number of nitrogens with zero attached hydrogens (tertiary/aromatic N) is 4. The first-order valence-corrected chi connectivity index (χ1v) is 10.2. The number of amides is 1. The normalized spacial score (nSPS) is 15.4. The molecule has 2 aromatic heterocycles. The van der Waals surface area contributed by atoms with E-state index in [1.807, 2.05) is 30.5 Å². The fraction of sp³-hybridized carbons (Fsp3) is 0.391. The minimum absolute atomic E-state index is 0.0537. The zero-order valence-electron chi connectivity index (χ0n) is 16.5. The van der Waals surface area contributed by atoms with Crippen LogP contribution in [0, 0.1) is 11.8 Å². The van der Waals surface area contributed by atoms with Crippen molar-refractivity contribution in [3.63, 3.8) is 0 Å². The van der Waals surface area contributed by atoms with Gasteiger partial charge in [0, 0.05) is 30.1 Å². The molecule has 29 heavy (non-hydrogen) atoms.